The van der Waals surface area contributed by atoms with Gasteiger partial charge in [0.25, 0.3) is 0 Å². The van der Waals surface area contributed by atoms with Crippen LogP contribution in [0.15, 0.2) is 29.3 Å². The molecule has 0 radical (unpaired) electrons. The highest BCUT2D eigenvalue weighted by molar-refractivity contribution is 6.28. The third-order valence-corrected chi connectivity index (χ3v) is 2.92. The fourth-order valence-corrected chi connectivity index (χ4v) is 1.64. The van der Waals surface area contributed by atoms with Crippen LogP contribution in [-0.4, -0.2) is 29.7 Å². The van der Waals surface area contributed by atoms with Gasteiger partial charge in [0.05, 0.1) is 11.6 Å². The number of halogens is 1. The average molecular weight is 254 g/mol. The van der Waals surface area contributed by atoms with Crippen molar-refractivity contribution in [1.82, 2.24) is 4.90 Å². The van der Waals surface area contributed by atoms with Crippen molar-refractivity contribution in [2.45, 2.75) is 20.4 Å². The highest BCUT2D eigenvalue weighted by atomic mass is 35.5. The van der Waals surface area contributed by atoms with Gasteiger partial charge in [-0.3, -0.25) is 4.90 Å². The summed E-state index contributed by atoms with van der Waals surface area (Å²) in [5, 5.41) is 0. The van der Waals surface area contributed by atoms with Gasteiger partial charge in [-0.1, -0.05) is 26.0 Å². The van der Waals surface area contributed by atoms with E-state index < -0.39 is 0 Å². The molecular weight excluding hydrogens is 234 g/mol. The highest BCUT2D eigenvalue weighted by Gasteiger charge is 2.00. The minimum Gasteiger partial charge on any atom is -0.386 e. The molecule has 4 heteroatoms. The summed E-state index contributed by atoms with van der Waals surface area (Å²) in [7, 11) is 0. The maximum Gasteiger partial charge on any atom is 0.115 e. The van der Waals surface area contributed by atoms with E-state index in [9.17, 15) is 0 Å². The van der Waals surface area contributed by atoms with E-state index in [1.54, 1.807) is 0 Å². The van der Waals surface area contributed by atoms with Crippen LogP contribution >= 0.6 is 11.6 Å². The lowest BCUT2D eigenvalue weighted by atomic mass is 10.2. The average Bonchev–Trinajstić information content (AvgIpc) is 2.37. The summed E-state index contributed by atoms with van der Waals surface area (Å²) >= 11 is 5.58. The Hall–Kier alpha value is -1.06. The second-order valence-corrected chi connectivity index (χ2v) is 4.13. The van der Waals surface area contributed by atoms with Crippen LogP contribution in [0.3, 0.4) is 0 Å². The fourth-order valence-electron chi connectivity index (χ4n) is 1.58. The molecule has 0 bridgehead atoms. The third-order valence-electron chi connectivity index (χ3n) is 2.65. The first kappa shape index (κ1) is 14.0. The van der Waals surface area contributed by atoms with E-state index in [4.69, 9.17) is 17.3 Å². The summed E-state index contributed by atoms with van der Waals surface area (Å²) in [5.41, 5.74) is 7.72. The van der Waals surface area contributed by atoms with Gasteiger partial charge in [0, 0.05) is 6.54 Å². The second-order valence-electron chi connectivity index (χ2n) is 3.86. The number of alkyl halides is 1. The Labute approximate surface area is 108 Å². The first-order chi connectivity index (χ1) is 8.19. The summed E-state index contributed by atoms with van der Waals surface area (Å²) in [6.07, 6.45) is 0. The van der Waals surface area contributed by atoms with Gasteiger partial charge in [-0.2, -0.15) is 0 Å². The zero-order chi connectivity index (χ0) is 12.7. The molecule has 0 unspecified atom stereocenters. The Balaban J connectivity index is 2.68. The van der Waals surface area contributed by atoms with E-state index in [0.717, 1.165) is 25.3 Å². The van der Waals surface area contributed by atoms with Crippen LogP contribution in [0.5, 0.6) is 0 Å². The second kappa shape index (κ2) is 7.30. The van der Waals surface area contributed by atoms with Gasteiger partial charge in [0.15, 0.2) is 0 Å². The number of benzene rings is 1. The topological polar surface area (TPSA) is 41.6 Å². The first-order valence-corrected chi connectivity index (χ1v) is 6.43. The molecule has 0 amide bonds. The van der Waals surface area contributed by atoms with Crippen molar-refractivity contribution < 1.29 is 0 Å². The highest BCUT2D eigenvalue weighted by Crippen LogP contribution is 2.14. The van der Waals surface area contributed by atoms with Crippen LogP contribution in [0.2, 0.25) is 0 Å². The zero-order valence-electron chi connectivity index (χ0n) is 10.5. The monoisotopic (exact) mass is 253 g/mol. The molecule has 1 aromatic rings. The number of amidine groups is 1. The predicted molar refractivity (Wildman–Crippen MR) is 75.1 cm³/mol. The maximum atomic E-state index is 5.58. The Morgan fingerprint density at radius 2 is 1.82 bits per heavy atom. The summed E-state index contributed by atoms with van der Waals surface area (Å²) in [6.45, 7) is 7.44. The van der Waals surface area contributed by atoms with Crippen LogP contribution in [0.4, 0.5) is 5.69 Å². The molecule has 0 aromatic heterocycles. The quantitative estimate of drug-likeness (QED) is 0.481. The number of hydrogen-bond acceptors (Lipinski definition) is 2. The fraction of sp³-hybridized carbons (Fsp3) is 0.462. The van der Waals surface area contributed by atoms with Crippen molar-refractivity contribution in [2.24, 2.45) is 10.7 Å². The first-order valence-electron chi connectivity index (χ1n) is 5.89. The smallest absolute Gasteiger partial charge is 0.115 e. The molecule has 17 heavy (non-hydrogen) atoms. The molecule has 0 aliphatic rings. The summed E-state index contributed by atoms with van der Waals surface area (Å²) < 4.78 is 0. The summed E-state index contributed by atoms with van der Waals surface area (Å²) in [4.78, 5) is 6.55. The van der Waals surface area contributed by atoms with Crippen LogP contribution in [0, 0.1) is 0 Å². The van der Waals surface area contributed by atoms with Crippen molar-refractivity contribution >= 4 is 23.1 Å². The molecule has 0 aliphatic carbocycles. The molecule has 1 aromatic carbocycles. The molecular formula is C13H20ClN3. The van der Waals surface area contributed by atoms with Crippen LogP contribution in [-0.2, 0) is 6.54 Å². The van der Waals surface area contributed by atoms with E-state index in [1.807, 2.05) is 12.1 Å². The van der Waals surface area contributed by atoms with Crippen LogP contribution in [0.1, 0.15) is 19.4 Å². The van der Waals surface area contributed by atoms with Crippen molar-refractivity contribution in [3.8, 4) is 0 Å². The van der Waals surface area contributed by atoms with Crippen LogP contribution in [0.25, 0.3) is 0 Å². The van der Waals surface area contributed by atoms with Crippen molar-refractivity contribution in [3.05, 3.63) is 29.8 Å². The molecule has 2 N–H and O–H groups in total. The van der Waals surface area contributed by atoms with Gasteiger partial charge < -0.3 is 5.73 Å². The SMILES string of the molecule is CCN(CC)Cc1ccc(N=C(N)CCl)cc1. The van der Waals surface area contributed by atoms with Gasteiger partial charge in [0.1, 0.15) is 5.84 Å². The van der Waals surface area contributed by atoms with E-state index >= 15 is 0 Å². The molecule has 0 aliphatic heterocycles. The number of rotatable bonds is 6. The van der Waals surface area contributed by atoms with Gasteiger partial charge in [-0.25, -0.2) is 4.99 Å². The van der Waals surface area contributed by atoms with Gasteiger partial charge in [-0.15, -0.1) is 11.6 Å². The lowest BCUT2D eigenvalue weighted by molar-refractivity contribution is 0.296. The molecule has 0 spiro atoms. The number of nitrogens with zero attached hydrogens (tertiary/aromatic N) is 2. The molecule has 0 fully saturated rings. The molecule has 0 saturated heterocycles. The molecule has 1 rings (SSSR count). The van der Waals surface area contributed by atoms with E-state index in [0.29, 0.717) is 5.84 Å². The minimum atomic E-state index is 0.265. The lowest BCUT2D eigenvalue weighted by Crippen LogP contribution is -2.21. The predicted octanol–water partition coefficient (Wildman–Crippen LogP) is 2.76. The van der Waals surface area contributed by atoms with Crippen molar-refractivity contribution in [2.75, 3.05) is 19.0 Å². The molecule has 3 nitrogen and oxygen atoms in total. The molecule has 0 saturated carbocycles. The Morgan fingerprint density at radius 3 is 2.29 bits per heavy atom. The van der Waals surface area contributed by atoms with Crippen molar-refractivity contribution in [1.29, 1.82) is 0 Å². The Bertz CT molecular complexity index is 355. The van der Waals surface area contributed by atoms with Gasteiger partial charge in [0.2, 0.25) is 0 Å². The minimum absolute atomic E-state index is 0.265. The van der Waals surface area contributed by atoms with Gasteiger partial charge >= 0.3 is 0 Å². The Morgan fingerprint density at radius 1 is 1.24 bits per heavy atom. The summed E-state index contributed by atoms with van der Waals surface area (Å²) in [5.74, 6) is 0.712. The Kier molecular flexibility index (Phi) is 6.01. The van der Waals surface area contributed by atoms with Gasteiger partial charge in [-0.05, 0) is 30.8 Å². The number of aliphatic imine (C=N–C) groups is 1. The standard InChI is InChI=1S/C13H20ClN3/c1-3-17(4-2)10-11-5-7-12(8-6-11)16-13(15)9-14/h5-8H,3-4,9-10H2,1-2H3,(H2,15,16). The zero-order valence-corrected chi connectivity index (χ0v) is 11.2. The molecule has 94 valence electrons. The van der Waals surface area contributed by atoms with Crippen LogP contribution < -0.4 is 5.73 Å². The number of hydrogen-bond donors (Lipinski definition) is 1. The normalized spacial score (nSPS) is 12.1. The number of nitrogens with two attached hydrogens (primary N) is 1. The van der Waals surface area contributed by atoms with E-state index in [1.165, 1.54) is 5.56 Å². The molecule has 0 atom stereocenters. The largest absolute Gasteiger partial charge is 0.386 e. The van der Waals surface area contributed by atoms with E-state index in [-0.39, 0.29) is 5.88 Å². The van der Waals surface area contributed by atoms with E-state index in [2.05, 4.69) is 35.9 Å². The maximum absolute atomic E-state index is 5.58. The lowest BCUT2D eigenvalue weighted by Gasteiger charge is -2.17. The molecule has 0 heterocycles. The third kappa shape index (κ3) is 4.75. The summed E-state index contributed by atoms with van der Waals surface area (Å²) in [6, 6.07) is 8.10. The van der Waals surface area contributed by atoms with Crippen molar-refractivity contribution in [3.63, 3.8) is 0 Å².